The molecule has 4 unspecified atom stereocenters. The highest BCUT2D eigenvalue weighted by Crippen LogP contribution is 2.49. The molecule has 1 amide bonds. The average Bonchev–Trinajstić information content (AvgIpc) is 1.46. The van der Waals surface area contributed by atoms with Gasteiger partial charge in [0.1, 0.15) is 28.8 Å². The molecule has 4 bridgehead atoms. The molecular weight excluding hydrogens is 1920 g/mol. The number of fused-ring (bicyclic) bond motifs is 5. The van der Waals surface area contributed by atoms with Crippen molar-refractivity contribution in [3.8, 4) is 35.3 Å². The Balaban J connectivity index is 0.000000414. The van der Waals surface area contributed by atoms with Crippen molar-refractivity contribution in [1.82, 2.24) is 4.90 Å². The van der Waals surface area contributed by atoms with Crippen molar-refractivity contribution in [2.24, 2.45) is 53.3 Å². The van der Waals surface area contributed by atoms with Crippen molar-refractivity contribution in [1.29, 1.82) is 0 Å². The minimum absolute atomic E-state index is 0.103. The van der Waals surface area contributed by atoms with E-state index in [9.17, 15) is 38.4 Å². The Morgan fingerprint density at radius 1 is 0.444 bits per heavy atom. The van der Waals surface area contributed by atoms with Crippen molar-refractivity contribution in [3.63, 3.8) is 0 Å². The Bertz CT molecular complexity index is 4540. The van der Waals surface area contributed by atoms with Crippen LogP contribution in [0.25, 0.3) is 0 Å². The molecule has 1 saturated carbocycles. The zero-order valence-electron chi connectivity index (χ0n) is 93.5. The number of carbonyl (C=O) groups is 8. The van der Waals surface area contributed by atoms with Gasteiger partial charge in [0.05, 0.1) is 33.0 Å². The standard InChI is InChI=1S/2C19H30O3Si.C13H19NO2.2C13H26OSi.2C10H11BO2.C9H19BrOSi.C6H4O2.C4H6/c2*1-7-14-10-13(12-22-23(5,6)19(2,3)4)11-15-16(20)8-9-17(21)18(14)15;1-2-9-5-8-6-10-11(15)3-4-12(16)14(7-8)13(9)10;2*1-8-9-10-12(2)11-14-15(6,7)13(3,4)5;2*1-2-3-8-11-12-9-6-4-5-7-10(9)13-11;1-8(10)7-11-12(5,6)9(2,3)4;7-5-1-2-6(8)4-3-5;1-3-4-2/h2*8-10,14-15,18H,7,11-12H2,1-6H3;8-10,13H,2-7H2,1H3;2*9-10H,2,8,11H2,1,3-7H3;2*3-8H,2H2,1H3;1,7H2,2-6H3;1-4H;1H,4H2,2H3/b;;;2*10-9+;2*8-3+;;;/t2*14-,15-,18-;;;;;;;;/m00......../s1. The number of amides is 1. The maximum Gasteiger partial charge on any atom is 0.624 e. The van der Waals surface area contributed by atoms with Crippen LogP contribution >= 0.6 is 15.9 Å². The van der Waals surface area contributed by atoms with E-state index in [0.29, 0.717) is 76.3 Å². The predicted molar refractivity (Wildman–Crippen MR) is 609 cm³/mol. The smallest absolute Gasteiger partial charge is 0.520 e. The molecule has 0 aromatic heterocycles. The summed E-state index contributed by atoms with van der Waals surface area (Å²) in [6.07, 6.45) is 44.9. The first kappa shape index (κ1) is 129. The Hall–Kier alpha value is -7.53. The maximum atomic E-state index is 12.2. The molecule has 5 aliphatic heterocycles. The third-order valence-corrected chi connectivity index (χ3v) is 52.2. The molecule has 0 radical (unpaired) electrons. The molecule has 0 spiro atoms. The number of rotatable bonds is 26. The maximum absolute atomic E-state index is 12.2. The highest BCUT2D eigenvalue weighted by atomic mass is 79.9. The van der Waals surface area contributed by atoms with Gasteiger partial charge < -0.3 is 45.6 Å². The number of allylic oxidation sites excluding steroid dienone is 14. The van der Waals surface area contributed by atoms with Crippen LogP contribution in [0.5, 0.6) is 23.0 Å². The molecule has 18 nitrogen and oxygen atoms in total. The molecule has 786 valence electrons. The topological polar surface area (TPSA) is 223 Å². The summed E-state index contributed by atoms with van der Waals surface area (Å²) in [6.45, 7) is 88.7. The SMILES string of the molecule is C#CCC.C=C(/C=C/CC)CO[Si](C)(C)C(C)(C)C.C=C(/C=C/CC)CO[Si](C)(C)C(C)(C)C.C=C(Br)CO[Si](C)(C)C(C)(C)C.CC/C=C/B1Oc2ccccc2O1.CC/C=C/B1Oc2ccccc2O1.CCC1CC2CC3C(=O)CCC(=O)N(C2)C13.CC[C@H]1C=C(CO[Si](C)(C)C(C)(C)C)C[C@H]2C(=O)C=CC(=O)[C@@H]12.CC[C@H]1C=C(CO[Si](C)(C)C(C)(C)C)C[C@H]2C(=O)C=CC(=O)[C@@H]12.O=C1C=CC(=O)C=C1. The van der Waals surface area contributed by atoms with E-state index in [2.05, 4.69) is 296 Å². The number of hydrogen-bond acceptors (Lipinski definition) is 17. The molecule has 2 aromatic carbocycles. The highest BCUT2D eigenvalue weighted by Gasteiger charge is 2.52. The second kappa shape index (κ2) is 59.5. The van der Waals surface area contributed by atoms with Gasteiger partial charge in [-0.15, -0.1) is 12.3 Å². The van der Waals surface area contributed by atoms with E-state index in [1.807, 2.05) is 84.5 Å². The van der Waals surface area contributed by atoms with Gasteiger partial charge in [-0.3, -0.25) is 38.4 Å². The van der Waals surface area contributed by atoms with Crippen LogP contribution in [0.1, 0.15) is 249 Å². The van der Waals surface area contributed by atoms with E-state index >= 15 is 0 Å². The number of hydrogen-bond donors (Lipinski definition) is 0. The summed E-state index contributed by atoms with van der Waals surface area (Å²) in [5.41, 5.74) is 4.53. The van der Waals surface area contributed by atoms with Gasteiger partial charge in [0.15, 0.2) is 76.3 Å². The van der Waals surface area contributed by atoms with Gasteiger partial charge in [-0.1, -0.05) is 274 Å². The molecule has 11 aliphatic rings. The molecule has 5 heterocycles. The van der Waals surface area contributed by atoms with Gasteiger partial charge in [-0.05, 0) is 286 Å². The van der Waals surface area contributed by atoms with Crippen LogP contribution in [-0.2, 0) is 60.5 Å². The van der Waals surface area contributed by atoms with Crippen molar-refractivity contribution in [3.05, 3.63) is 204 Å². The number of Topliss-reactive ketones (excluding diaryl/α,β-unsaturated/α-hetero) is 1. The van der Waals surface area contributed by atoms with Crippen molar-refractivity contribution >= 4 is 118 Å². The van der Waals surface area contributed by atoms with Gasteiger partial charge in [0.2, 0.25) is 5.91 Å². The molecule has 13 rings (SSSR count). The molecule has 4 fully saturated rings. The van der Waals surface area contributed by atoms with Crippen LogP contribution < -0.4 is 18.6 Å². The van der Waals surface area contributed by atoms with E-state index in [1.54, 1.807) is 0 Å². The number of nitrogens with zero attached hydrogens (tertiary/aromatic N) is 1. The number of benzene rings is 2. The lowest BCUT2D eigenvalue weighted by Crippen LogP contribution is -2.59. The minimum Gasteiger partial charge on any atom is -0.520 e. The van der Waals surface area contributed by atoms with Crippen LogP contribution in [-0.4, -0.2) is 153 Å². The Morgan fingerprint density at radius 3 is 1.06 bits per heavy atom. The van der Waals surface area contributed by atoms with Gasteiger partial charge >= 0.3 is 14.2 Å². The quantitative estimate of drug-likeness (QED) is 0.0281. The Labute approximate surface area is 874 Å². The lowest BCUT2D eigenvalue weighted by molar-refractivity contribution is -0.145. The van der Waals surface area contributed by atoms with Crippen LogP contribution in [0.3, 0.4) is 0 Å². The summed E-state index contributed by atoms with van der Waals surface area (Å²) in [5, 5.41) is 1.20. The summed E-state index contributed by atoms with van der Waals surface area (Å²) in [5.74, 6) is 11.3. The number of para-hydroxylation sites is 4. The number of halogens is 1. The van der Waals surface area contributed by atoms with Gasteiger partial charge in [0, 0.05) is 65.9 Å². The lowest BCUT2D eigenvalue weighted by Gasteiger charge is -2.52. The summed E-state index contributed by atoms with van der Waals surface area (Å²) in [6, 6.07) is 15.6. The zero-order valence-corrected chi connectivity index (χ0v) is 100. The largest absolute Gasteiger partial charge is 0.624 e. The van der Waals surface area contributed by atoms with Gasteiger partial charge in [-0.25, -0.2) is 0 Å². The number of ketones is 7. The van der Waals surface area contributed by atoms with Crippen LogP contribution in [0.15, 0.2) is 204 Å². The fourth-order valence-corrected chi connectivity index (χ4v) is 20.8. The normalized spacial score (nSPS) is 21.7. The van der Waals surface area contributed by atoms with Crippen LogP contribution in [0.2, 0.25) is 90.7 Å². The fraction of sp³-hybridized carbons (Fsp3) is 0.586. The van der Waals surface area contributed by atoms with E-state index in [4.69, 9.17) is 47.2 Å². The fourth-order valence-electron chi connectivity index (χ4n) is 15.6. The predicted octanol–water partition coefficient (Wildman–Crippen LogP) is 29.4. The summed E-state index contributed by atoms with van der Waals surface area (Å²) >= 11 is 3.30. The lowest BCUT2D eigenvalue weighted by atomic mass is 9.65. The summed E-state index contributed by atoms with van der Waals surface area (Å²) in [4.78, 5) is 95.5. The highest BCUT2D eigenvalue weighted by molar-refractivity contribution is 9.11. The first-order chi connectivity index (χ1) is 65.9. The molecule has 142 heavy (non-hydrogen) atoms. The molecule has 6 aliphatic carbocycles. The van der Waals surface area contributed by atoms with Crippen molar-refractivity contribution in [2.45, 2.75) is 346 Å². The number of piperidine rings is 2. The average molecular weight is 2100 g/mol. The van der Waals surface area contributed by atoms with E-state index in [0.717, 1.165) is 103 Å². The Kier molecular flexibility index (Phi) is 53.9. The molecule has 0 N–H and O–H groups in total. The monoisotopic (exact) mass is 2100 g/mol. The molecule has 2 aromatic rings. The Morgan fingerprint density at radius 2 is 0.761 bits per heavy atom. The first-order valence-electron chi connectivity index (χ1n) is 51.9. The van der Waals surface area contributed by atoms with E-state index < -0.39 is 41.6 Å². The minimum atomic E-state index is -1.80. The third-order valence-electron chi connectivity index (χ3n) is 29.6. The molecular formula is C116H182B2BrNO17Si5. The van der Waals surface area contributed by atoms with Crippen LogP contribution in [0, 0.1) is 65.6 Å². The van der Waals surface area contributed by atoms with E-state index in [1.165, 1.54) is 66.2 Å². The number of terminal acetylenes is 1. The molecule has 3 saturated heterocycles. The zero-order chi connectivity index (χ0) is 108. The van der Waals surface area contributed by atoms with Gasteiger partial charge in [0.25, 0.3) is 0 Å². The first-order valence-corrected chi connectivity index (χ1v) is 67.2. The molecule has 10 atom stereocenters. The second-order valence-corrected chi connectivity index (χ2v) is 71.0. The second-order valence-electron chi connectivity index (χ2n) is 45.9. The van der Waals surface area contributed by atoms with Crippen molar-refractivity contribution < 1.29 is 79.1 Å². The van der Waals surface area contributed by atoms with Gasteiger partial charge in [-0.2, -0.15) is 0 Å². The van der Waals surface area contributed by atoms with Crippen LogP contribution in [0.4, 0.5) is 0 Å². The summed E-state index contributed by atoms with van der Waals surface area (Å²) in [7, 11) is -8.84. The third kappa shape index (κ3) is 42.0. The molecule has 26 heteroatoms. The summed E-state index contributed by atoms with van der Waals surface area (Å²) < 4.78 is 53.5. The van der Waals surface area contributed by atoms with Crippen molar-refractivity contribution in [2.75, 3.05) is 39.6 Å². The number of carbonyl (C=O) groups excluding carboxylic acids is 8. The van der Waals surface area contributed by atoms with E-state index in [-0.39, 0.29) is 128 Å².